The maximum absolute atomic E-state index is 13.4. The number of nitrogens with one attached hydrogen (secondary N) is 2. The molecule has 2 fully saturated rings. The summed E-state index contributed by atoms with van der Waals surface area (Å²) in [5.41, 5.74) is 1.05. The number of rotatable bonds is 7. The average molecular weight is 542 g/mol. The molecule has 2 aromatic rings. The van der Waals surface area contributed by atoms with Gasteiger partial charge in [-0.25, -0.2) is 8.42 Å². The first-order valence-electron chi connectivity index (χ1n) is 12.2. The lowest BCUT2D eigenvalue weighted by Crippen LogP contribution is -2.31. The minimum atomic E-state index is -4.01. The second-order valence-electron chi connectivity index (χ2n) is 10.3. The van der Waals surface area contributed by atoms with Gasteiger partial charge in [0.05, 0.1) is 23.3 Å². The molecule has 6 nitrogen and oxygen atoms in total. The van der Waals surface area contributed by atoms with Gasteiger partial charge in [0.25, 0.3) is 10.0 Å². The van der Waals surface area contributed by atoms with Gasteiger partial charge < -0.3 is 9.47 Å². The van der Waals surface area contributed by atoms with E-state index in [1.54, 1.807) is 0 Å². The summed E-state index contributed by atoms with van der Waals surface area (Å²) < 4.78 is 42.2. The molecule has 4 unspecified atom stereocenters. The minimum Gasteiger partial charge on any atom is -0.488 e. The Hall–Kier alpha value is -1.51. The van der Waals surface area contributed by atoms with Crippen LogP contribution in [-0.2, 0) is 14.8 Å². The van der Waals surface area contributed by atoms with Gasteiger partial charge in [0.15, 0.2) is 0 Å². The molecule has 2 N–H and O–H groups in total. The number of benzene rings is 2. The number of hydrogen-bond acceptors (Lipinski definition) is 5. The van der Waals surface area contributed by atoms with Gasteiger partial charge in [-0.05, 0) is 61.3 Å². The van der Waals surface area contributed by atoms with Crippen molar-refractivity contribution in [1.29, 1.82) is 0 Å². The zero-order valence-electron chi connectivity index (χ0n) is 20.6. The molecule has 1 aliphatic heterocycles. The maximum atomic E-state index is 13.4. The molecule has 4 rings (SSSR count). The summed E-state index contributed by atoms with van der Waals surface area (Å²) in [5.74, 6) is 1.96. The molecule has 1 aliphatic carbocycles. The van der Waals surface area contributed by atoms with E-state index in [1.807, 2.05) is 18.2 Å². The van der Waals surface area contributed by atoms with Crippen LogP contribution in [0.15, 0.2) is 41.3 Å². The van der Waals surface area contributed by atoms with Crippen molar-refractivity contribution in [1.82, 2.24) is 5.32 Å². The van der Waals surface area contributed by atoms with Crippen LogP contribution in [0.25, 0.3) is 0 Å². The number of halogens is 2. The Kier molecular flexibility index (Phi) is 8.23. The van der Waals surface area contributed by atoms with E-state index in [1.165, 1.54) is 24.6 Å². The maximum Gasteiger partial charge on any atom is 0.262 e. The first-order valence-corrected chi connectivity index (χ1v) is 14.4. The standard InChI is InChI=1S/C26H34Cl2N2O4S/c1-15(2)23-14-33-26(29-23)22-6-5-7-24(34-20-9-16(3)8-17(4)10-20)25(22)30-35(31,32)21-12-18(27)11-19(28)13-21/h5-7,11-13,15-17,20,23,26,29-30H,8-10,14H2,1-4H3. The van der Waals surface area contributed by atoms with Gasteiger partial charge in [-0.1, -0.05) is 63.0 Å². The Morgan fingerprint density at radius 3 is 2.31 bits per heavy atom. The average Bonchev–Trinajstić information content (AvgIpc) is 3.24. The Morgan fingerprint density at radius 1 is 1.06 bits per heavy atom. The number of ether oxygens (including phenoxy) is 2. The van der Waals surface area contributed by atoms with E-state index in [4.69, 9.17) is 32.7 Å². The fraction of sp³-hybridized carbons (Fsp3) is 0.538. The summed E-state index contributed by atoms with van der Waals surface area (Å²) in [7, 11) is -4.01. The number of sulfonamides is 1. The summed E-state index contributed by atoms with van der Waals surface area (Å²) in [6.07, 6.45) is 2.58. The molecule has 2 aromatic carbocycles. The van der Waals surface area contributed by atoms with E-state index >= 15 is 0 Å². The molecule has 0 radical (unpaired) electrons. The second-order valence-corrected chi connectivity index (χ2v) is 12.9. The highest BCUT2D eigenvalue weighted by molar-refractivity contribution is 7.92. The molecule has 0 amide bonds. The highest BCUT2D eigenvalue weighted by atomic mass is 35.5. The van der Waals surface area contributed by atoms with Gasteiger partial charge >= 0.3 is 0 Å². The Balaban J connectivity index is 1.71. The third-order valence-electron chi connectivity index (χ3n) is 6.77. The summed E-state index contributed by atoms with van der Waals surface area (Å²) in [6, 6.07) is 9.97. The van der Waals surface area contributed by atoms with E-state index in [9.17, 15) is 8.42 Å². The molecule has 1 saturated carbocycles. The van der Waals surface area contributed by atoms with Crippen LogP contribution in [0.5, 0.6) is 5.75 Å². The van der Waals surface area contributed by atoms with E-state index in [0.29, 0.717) is 41.4 Å². The molecule has 1 saturated heterocycles. The molecule has 2 aliphatic rings. The Bertz CT molecular complexity index is 1130. The van der Waals surface area contributed by atoms with Crippen molar-refractivity contribution in [3.05, 3.63) is 52.0 Å². The van der Waals surface area contributed by atoms with E-state index in [-0.39, 0.29) is 27.1 Å². The van der Waals surface area contributed by atoms with Gasteiger partial charge in [-0.15, -0.1) is 0 Å². The Labute approximate surface area is 218 Å². The van der Waals surface area contributed by atoms with Crippen molar-refractivity contribution >= 4 is 38.9 Å². The lowest BCUT2D eigenvalue weighted by Gasteiger charge is -2.32. The van der Waals surface area contributed by atoms with E-state index in [0.717, 1.165) is 12.8 Å². The van der Waals surface area contributed by atoms with E-state index < -0.39 is 16.3 Å². The highest BCUT2D eigenvalue weighted by Gasteiger charge is 2.33. The van der Waals surface area contributed by atoms with E-state index in [2.05, 4.69) is 37.7 Å². The second kappa shape index (κ2) is 10.9. The van der Waals surface area contributed by atoms with Crippen LogP contribution in [0.1, 0.15) is 58.7 Å². The monoisotopic (exact) mass is 540 g/mol. The fourth-order valence-electron chi connectivity index (χ4n) is 5.05. The molecule has 0 bridgehead atoms. The van der Waals surface area contributed by atoms with Crippen molar-refractivity contribution < 1.29 is 17.9 Å². The lowest BCUT2D eigenvalue weighted by molar-refractivity contribution is 0.0957. The van der Waals surface area contributed by atoms with Crippen LogP contribution in [0.2, 0.25) is 10.0 Å². The SMILES string of the molecule is CC1CC(C)CC(Oc2cccc(C3NC(C(C)C)CO3)c2NS(=O)(=O)c2cc(Cl)cc(Cl)c2)C1. The molecule has 9 heteroatoms. The van der Waals surface area contributed by atoms with Crippen LogP contribution in [0.4, 0.5) is 5.69 Å². The minimum absolute atomic E-state index is 0.00809. The van der Waals surface area contributed by atoms with Gasteiger partial charge in [0, 0.05) is 21.7 Å². The summed E-state index contributed by atoms with van der Waals surface area (Å²) in [6.45, 7) is 9.26. The first kappa shape index (κ1) is 26.6. The summed E-state index contributed by atoms with van der Waals surface area (Å²) in [5, 5.41) is 3.97. The number of hydrogen-bond donors (Lipinski definition) is 2. The van der Waals surface area contributed by atoms with Crippen molar-refractivity contribution in [3.63, 3.8) is 0 Å². The van der Waals surface area contributed by atoms with Crippen LogP contribution in [0, 0.1) is 17.8 Å². The lowest BCUT2D eigenvalue weighted by atomic mass is 9.82. The molecule has 0 aromatic heterocycles. The zero-order chi connectivity index (χ0) is 25.3. The normalized spacial score (nSPS) is 27.2. The van der Waals surface area contributed by atoms with Gasteiger partial charge in [-0.3, -0.25) is 10.0 Å². The van der Waals surface area contributed by atoms with Crippen molar-refractivity contribution in [2.75, 3.05) is 11.3 Å². The predicted molar refractivity (Wildman–Crippen MR) is 141 cm³/mol. The fourth-order valence-corrected chi connectivity index (χ4v) is 6.88. The highest BCUT2D eigenvalue weighted by Crippen LogP contribution is 2.40. The van der Waals surface area contributed by atoms with Crippen molar-refractivity contribution in [2.45, 2.75) is 70.2 Å². The van der Waals surface area contributed by atoms with Crippen LogP contribution >= 0.6 is 23.2 Å². The smallest absolute Gasteiger partial charge is 0.262 e. The molecule has 0 spiro atoms. The molecule has 1 heterocycles. The quantitative estimate of drug-likeness (QED) is 0.411. The van der Waals surface area contributed by atoms with Crippen LogP contribution < -0.4 is 14.8 Å². The third-order valence-corrected chi connectivity index (χ3v) is 8.53. The molecular formula is C26H34Cl2N2O4S. The number of para-hydroxylation sites is 1. The summed E-state index contributed by atoms with van der Waals surface area (Å²) >= 11 is 12.2. The van der Waals surface area contributed by atoms with Crippen LogP contribution in [-0.4, -0.2) is 27.2 Å². The first-order chi connectivity index (χ1) is 16.5. The van der Waals surface area contributed by atoms with Gasteiger partial charge in [0.2, 0.25) is 0 Å². The van der Waals surface area contributed by atoms with Gasteiger partial charge in [-0.2, -0.15) is 0 Å². The van der Waals surface area contributed by atoms with Crippen LogP contribution in [0.3, 0.4) is 0 Å². The molecule has 35 heavy (non-hydrogen) atoms. The van der Waals surface area contributed by atoms with Crippen molar-refractivity contribution in [2.24, 2.45) is 17.8 Å². The topological polar surface area (TPSA) is 76.7 Å². The third kappa shape index (κ3) is 6.44. The zero-order valence-corrected chi connectivity index (χ0v) is 22.9. The molecule has 4 atom stereocenters. The Morgan fingerprint density at radius 2 is 1.71 bits per heavy atom. The number of anilines is 1. The summed E-state index contributed by atoms with van der Waals surface area (Å²) in [4.78, 5) is -0.0176. The predicted octanol–water partition coefficient (Wildman–Crippen LogP) is 6.64. The largest absolute Gasteiger partial charge is 0.488 e. The van der Waals surface area contributed by atoms with Crippen molar-refractivity contribution in [3.8, 4) is 5.75 Å². The molecular weight excluding hydrogens is 507 g/mol. The molecule has 192 valence electrons. The van der Waals surface area contributed by atoms with Gasteiger partial charge in [0.1, 0.15) is 12.0 Å².